The van der Waals surface area contributed by atoms with Crippen molar-refractivity contribution in [1.29, 1.82) is 0 Å². The number of ether oxygens (including phenoxy) is 3. The Kier molecular flexibility index (Phi) is 4.04. The molecule has 2 saturated carbocycles. The van der Waals surface area contributed by atoms with Gasteiger partial charge in [-0.05, 0) is 31.7 Å². The second kappa shape index (κ2) is 6.20. The van der Waals surface area contributed by atoms with E-state index in [2.05, 4.69) is 6.92 Å². The van der Waals surface area contributed by atoms with E-state index in [0.29, 0.717) is 18.6 Å². The number of hydrogen-bond donors (Lipinski definition) is 1. The van der Waals surface area contributed by atoms with Crippen LogP contribution < -0.4 is 0 Å². The Morgan fingerprint density at radius 1 is 1.17 bits per heavy atom. The Morgan fingerprint density at radius 2 is 1.89 bits per heavy atom. The zero-order chi connectivity index (χ0) is 25.4. The van der Waals surface area contributed by atoms with Crippen molar-refractivity contribution in [3.05, 3.63) is 36.0 Å². The van der Waals surface area contributed by atoms with Crippen LogP contribution in [-0.2, 0) is 28.6 Å². The monoisotopic (exact) mass is 484 g/mol. The number of aliphatic hydroxyl groups is 1. The smallest absolute Gasteiger partial charge is 0.336 e. The molecule has 8 heteroatoms. The number of methoxy groups -OCH3 is 1. The Hall–Kier alpha value is -2.61. The molecule has 2 saturated heterocycles. The standard InChI is InChI=1S/C27H32O8/c1-22(2)15(11-18(29)32-6)24(4)17(12-16(22)28)35-25(5)26(24)9-8-23(3)20(14-7-10-33-13-14)34-21(31)19(30)27(23,25)26/h7,10,12-13,15,19-20,30H,8-9,11H2,1-6H3. The zero-order valence-corrected chi connectivity index (χ0v) is 21.0. The van der Waals surface area contributed by atoms with Crippen LogP contribution in [0.3, 0.4) is 0 Å². The molecule has 0 amide bonds. The molecule has 5 aliphatic rings. The Labute approximate surface area is 204 Å². The maximum Gasteiger partial charge on any atom is 0.336 e. The average Bonchev–Trinajstić information content (AvgIpc) is 3.25. The second-order valence-corrected chi connectivity index (χ2v) is 12.2. The third-order valence-corrected chi connectivity index (χ3v) is 11.2. The van der Waals surface area contributed by atoms with Crippen LogP contribution in [0.1, 0.15) is 65.5 Å². The fourth-order valence-corrected chi connectivity index (χ4v) is 9.82. The number of carbonyl (C=O) groups is 3. The van der Waals surface area contributed by atoms with Crippen LogP contribution in [0.25, 0.3) is 0 Å². The molecule has 1 aromatic heterocycles. The van der Waals surface area contributed by atoms with E-state index >= 15 is 0 Å². The lowest BCUT2D eigenvalue weighted by Gasteiger charge is -2.54. The number of cyclic esters (lactones) is 1. The number of furan rings is 1. The van der Waals surface area contributed by atoms with Crippen LogP contribution in [0.4, 0.5) is 0 Å². The predicted molar refractivity (Wildman–Crippen MR) is 120 cm³/mol. The van der Waals surface area contributed by atoms with Crippen LogP contribution in [0.15, 0.2) is 34.8 Å². The summed E-state index contributed by atoms with van der Waals surface area (Å²) in [6.07, 6.45) is 4.04. The van der Waals surface area contributed by atoms with E-state index in [1.807, 2.05) is 27.7 Å². The molecule has 3 heterocycles. The summed E-state index contributed by atoms with van der Waals surface area (Å²) in [5.74, 6) is -1.09. The number of ketones is 1. The molecule has 8 unspecified atom stereocenters. The van der Waals surface area contributed by atoms with Gasteiger partial charge in [0.1, 0.15) is 17.5 Å². The van der Waals surface area contributed by atoms with Crippen LogP contribution in [0.5, 0.6) is 0 Å². The Balaban J connectivity index is 1.59. The van der Waals surface area contributed by atoms with Gasteiger partial charge < -0.3 is 23.7 Å². The summed E-state index contributed by atoms with van der Waals surface area (Å²) < 4.78 is 22.9. The van der Waals surface area contributed by atoms with Gasteiger partial charge in [-0.25, -0.2) is 4.79 Å². The molecular weight excluding hydrogens is 452 g/mol. The lowest BCUT2D eigenvalue weighted by molar-refractivity contribution is -0.218. The Morgan fingerprint density at radius 3 is 2.51 bits per heavy atom. The van der Waals surface area contributed by atoms with Gasteiger partial charge in [-0.3, -0.25) is 9.59 Å². The molecule has 0 radical (unpaired) electrons. The third kappa shape index (κ3) is 1.97. The minimum atomic E-state index is -1.40. The van der Waals surface area contributed by atoms with Crippen molar-refractivity contribution in [2.45, 2.75) is 71.7 Å². The van der Waals surface area contributed by atoms with Crippen molar-refractivity contribution in [1.82, 2.24) is 0 Å². The first-order valence-electron chi connectivity index (χ1n) is 12.2. The molecule has 35 heavy (non-hydrogen) atoms. The van der Waals surface area contributed by atoms with Crippen molar-refractivity contribution >= 4 is 17.7 Å². The van der Waals surface area contributed by atoms with Gasteiger partial charge in [-0.2, -0.15) is 0 Å². The highest BCUT2D eigenvalue weighted by Crippen LogP contribution is 2.99. The SMILES string of the molecule is COC(=O)CC1C(C)(C)C(=O)C=C2OC3(C)C4(CCC5(C)C(c6ccoc6)OC(=O)C(O)C534)C21C. The minimum absolute atomic E-state index is 0.0305. The highest BCUT2D eigenvalue weighted by molar-refractivity contribution is 5.97. The summed E-state index contributed by atoms with van der Waals surface area (Å²) in [7, 11) is 1.34. The second-order valence-electron chi connectivity index (χ2n) is 12.2. The highest BCUT2D eigenvalue weighted by Gasteiger charge is 3.05. The van der Waals surface area contributed by atoms with Crippen LogP contribution in [0.2, 0.25) is 0 Å². The quantitative estimate of drug-likeness (QED) is 0.649. The number of allylic oxidation sites excluding steroid dienone is 2. The van der Waals surface area contributed by atoms with Crippen LogP contribution in [0, 0.1) is 33.0 Å². The van der Waals surface area contributed by atoms with Gasteiger partial charge in [0, 0.05) is 33.3 Å². The van der Waals surface area contributed by atoms with Crippen LogP contribution >= 0.6 is 0 Å². The first kappa shape index (κ1) is 22.8. The Bertz CT molecular complexity index is 1200. The maximum absolute atomic E-state index is 13.2. The topological polar surface area (TPSA) is 112 Å². The van der Waals surface area contributed by atoms with E-state index in [9.17, 15) is 19.5 Å². The molecule has 4 fully saturated rings. The van der Waals surface area contributed by atoms with Crippen molar-refractivity contribution in [2.75, 3.05) is 7.11 Å². The summed E-state index contributed by atoms with van der Waals surface area (Å²) in [6, 6.07) is 1.79. The summed E-state index contributed by atoms with van der Waals surface area (Å²) >= 11 is 0. The van der Waals surface area contributed by atoms with E-state index < -0.39 is 62.7 Å². The molecule has 0 aromatic carbocycles. The molecule has 1 aromatic rings. The summed E-state index contributed by atoms with van der Waals surface area (Å²) in [5, 5.41) is 11.6. The number of rotatable bonds is 3. The molecular formula is C27H32O8. The first-order valence-corrected chi connectivity index (χ1v) is 12.2. The van der Waals surface area contributed by atoms with E-state index in [0.717, 1.165) is 5.56 Å². The summed E-state index contributed by atoms with van der Waals surface area (Å²) in [5.41, 5.74) is -4.17. The maximum atomic E-state index is 13.2. The van der Waals surface area contributed by atoms with Gasteiger partial charge >= 0.3 is 11.9 Å². The number of carbonyl (C=O) groups excluding carboxylic acids is 3. The molecule has 0 bridgehead atoms. The normalized spacial score (nSPS) is 48.5. The number of esters is 2. The van der Waals surface area contributed by atoms with Crippen molar-refractivity contribution in [2.24, 2.45) is 33.0 Å². The van der Waals surface area contributed by atoms with Gasteiger partial charge in [-0.1, -0.05) is 27.7 Å². The molecule has 8 atom stereocenters. The molecule has 6 rings (SSSR count). The third-order valence-electron chi connectivity index (χ3n) is 11.2. The van der Waals surface area contributed by atoms with Gasteiger partial charge in [0.2, 0.25) is 0 Å². The van der Waals surface area contributed by atoms with Crippen molar-refractivity contribution in [3.63, 3.8) is 0 Å². The molecule has 2 aliphatic heterocycles. The van der Waals surface area contributed by atoms with Gasteiger partial charge in [-0.15, -0.1) is 0 Å². The van der Waals surface area contributed by atoms with E-state index in [1.165, 1.54) is 7.11 Å². The average molecular weight is 485 g/mol. The fourth-order valence-electron chi connectivity index (χ4n) is 9.82. The first-order chi connectivity index (χ1) is 16.3. The fraction of sp³-hybridized carbons (Fsp3) is 0.667. The van der Waals surface area contributed by atoms with E-state index in [4.69, 9.17) is 18.6 Å². The van der Waals surface area contributed by atoms with E-state index in [-0.39, 0.29) is 12.2 Å². The largest absolute Gasteiger partial charge is 0.490 e. The summed E-state index contributed by atoms with van der Waals surface area (Å²) in [6.45, 7) is 9.78. The van der Waals surface area contributed by atoms with Crippen molar-refractivity contribution < 1.29 is 38.1 Å². The van der Waals surface area contributed by atoms with Gasteiger partial charge in [0.15, 0.2) is 11.9 Å². The van der Waals surface area contributed by atoms with Crippen LogP contribution in [-0.4, -0.2) is 41.6 Å². The van der Waals surface area contributed by atoms with Crippen molar-refractivity contribution in [3.8, 4) is 0 Å². The molecule has 8 nitrogen and oxygen atoms in total. The molecule has 2 spiro atoms. The molecule has 188 valence electrons. The minimum Gasteiger partial charge on any atom is -0.490 e. The summed E-state index contributed by atoms with van der Waals surface area (Å²) in [4.78, 5) is 39.1. The van der Waals surface area contributed by atoms with Gasteiger partial charge in [0.25, 0.3) is 0 Å². The van der Waals surface area contributed by atoms with Gasteiger partial charge in [0.05, 0.1) is 31.5 Å². The number of aliphatic hydroxyl groups excluding tert-OH is 1. The zero-order valence-electron chi connectivity index (χ0n) is 21.0. The number of hydrogen-bond acceptors (Lipinski definition) is 8. The lowest BCUT2D eigenvalue weighted by Crippen LogP contribution is -2.59. The lowest BCUT2D eigenvalue weighted by atomic mass is 9.50. The molecule has 1 N–H and O–H groups in total. The predicted octanol–water partition coefficient (Wildman–Crippen LogP) is 3.49. The molecule has 3 aliphatic carbocycles. The number of fused-ring (bicyclic) bond motifs is 1. The van der Waals surface area contributed by atoms with E-state index in [1.54, 1.807) is 24.7 Å². The highest BCUT2D eigenvalue weighted by atomic mass is 16.6.